The van der Waals surface area contributed by atoms with Crippen LogP contribution < -0.4 is 25.8 Å². The number of anilines is 4. The number of aromatic amines is 1. The predicted molar refractivity (Wildman–Crippen MR) is 156 cm³/mol. The van der Waals surface area contributed by atoms with Crippen LogP contribution in [0.4, 0.5) is 27.8 Å². The van der Waals surface area contributed by atoms with Crippen LogP contribution in [-0.4, -0.2) is 72.3 Å². The highest BCUT2D eigenvalue weighted by Crippen LogP contribution is 2.31. The zero-order valence-corrected chi connectivity index (χ0v) is 21.9. The van der Waals surface area contributed by atoms with Gasteiger partial charge in [-0.05, 0) is 42.0 Å². The second kappa shape index (κ2) is 11.1. The van der Waals surface area contributed by atoms with Crippen LogP contribution in [0, 0.1) is 0 Å². The van der Waals surface area contributed by atoms with Gasteiger partial charge in [-0.15, -0.1) is 0 Å². The molecule has 3 aromatic heterocycles. The molecule has 0 aliphatic carbocycles. The van der Waals surface area contributed by atoms with Crippen LogP contribution in [0.25, 0.3) is 22.2 Å². The molecule has 0 atom stereocenters. The smallest absolute Gasteiger partial charge is 0.324 e. The molecule has 6 rings (SSSR count). The Morgan fingerprint density at radius 1 is 0.975 bits per heavy atom. The minimum absolute atomic E-state index is 0.0780. The summed E-state index contributed by atoms with van der Waals surface area (Å²) in [7, 11) is 0. The number of morpholine rings is 1. The fourth-order valence-electron chi connectivity index (χ4n) is 4.96. The van der Waals surface area contributed by atoms with Gasteiger partial charge in [-0.3, -0.25) is 10.1 Å². The average Bonchev–Trinajstić information content (AvgIpc) is 3.40. The predicted octanol–water partition coefficient (Wildman–Crippen LogP) is 3.60. The number of hydrogen-bond donors (Lipinski definition) is 4. The molecule has 204 valence electrons. The monoisotopic (exact) mass is 538 g/mol. The summed E-state index contributed by atoms with van der Waals surface area (Å²) in [6, 6.07) is 15.1. The van der Waals surface area contributed by atoms with E-state index in [1.54, 1.807) is 6.20 Å². The van der Waals surface area contributed by atoms with E-state index in [0.717, 1.165) is 46.8 Å². The number of aromatic nitrogens is 3. The van der Waals surface area contributed by atoms with E-state index in [9.17, 15) is 9.59 Å². The van der Waals surface area contributed by atoms with Gasteiger partial charge in [0, 0.05) is 67.1 Å². The van der Waals surface area contributed by atoms with Gasteiger partial charge in [0.25, 0.3) is 0 Å². The van der Waals surface area contributed by atoms with Crippen LogP contribution >= 0.6 is 0 Å². The van der Waals surface area contributed by atoms with Crippen molar-refractivity contribution in [3.05, 3.63) is 73.6 Å². The number of carbonyl (C=O) groups excluding carboxylic acids is 2. The second-order valence-electron chi connectivity index (χ2n) is 9.75. The normalized spacial score (nSPS) is 15.4. The maximum absolute atomic E-state index is 12.7. The number of nitrogens with zero attached hydrogens (tertiary/aromatic N) is 4. The molecule has 0 saturated carbocycles. The van der Waals surface area contributed by atoms with Gasteiger partial charge in [-0.1, -0.05) is 18.7 Å². The highest BCUT2D eigenvalue weighted by atomic mass is 16.5. The van der Waals surface area contributed by atoms with E-state index >= 15 is 0 Å². The minimum Gasteiger partial charge on any atom is -0.378 e. The summed E-state index contributed by atoms with van der Waals surface area (Å²) >= 11 is 0. The highest BCUT2D eigenvalue weighted by molar-refractivity contribution is 5.99. The third-order valence-corrected chi connectivity index (χ3v) is 7.06. The molecule has 2 saturated heterocycles. The first-order chi connectivity index (χ1) is 19.6. The van der Waals surface area contributed by atoms with E-state index in [4.69, 9.17) is 4.74 Å². The molecule has 0 unspecified atom stereocenters. The van der Waals surface area contributed by atoms with Crippen molar-refractivity contribution in [2.75, 3.05) is 59.8 Å². The SMILES string of the molecule is C=CC(=O)NC1CN(c2ccnc(NC(=O)Nc3ccc(-c4cc5c(N6CCOCC6)nccc5[nH]4)cc3)c2)C1. The molecule has 3 amide bonds. The van der Waals surface area contributed by atoms with Gasteiger partial charge in [0.2, 0.25) is 5.91 Å². The Morgan fingerprint density at radius 2 is 1.75 bits per heavy atom. The summed E-state index contributed by atoms with van der Waals surface area (Å²) in [6.45, 7) is 7.89. The third-order valence-electron chi connectivity index (χ3n) is 7.06. The van der Waals surface area contributed by atoms with Gasteiger partial charge >= 0.3 is 6.03 Å². The Balaban J connectivity index is 1.07. The van der Waals surface area contributed by atoms with Crippen molar-refractivity contribution in [3.63, 3.8) is 0 Å². The molecule has 40 heavy (non-hydrogen) atoms. The topological polar surface area (TPSA) is 128 Å². The molecule has 11 nitrogen and oxygen atoms in total. The van der Waals surface area contributed by atoms with E-state index in [1.807, 2.05) is 48.7 Å². The van der Waals surface area contributed by atoms with Crippen molar-refractivity contribution < 1.29 is 14.3 Å². The Hall–Kier alpha value is -4.90. The summed E-state index contributed by atoms with van der Waals surface area (Å²) in [5.74, 6) is 1.22. The average molecular weight is 539 g/mol. The molecule has 5 heterocycles. The summed E-state index contributed by atoms with van der Waals surface area (Å²) in [5, 5.41) is 9.60. The van der Waals surface area contributed by atoms with E-state index in [-0.39, 0.29) is 18.0 Å². The number of nitrogens with one attached hydrogen (secondary N) is 4. The number of carbonyl (C=O) groups is 2. The molecule has 11 heteroatoms. The lowest BCUT2D eigenvalue weighted by Gasteiger charge is -2.41. The second-order valence-corrected chi connectivity index (χ2v) is 9.75. The van der Waals surface area contributed by atoms with Crippen molar-refractivity contribution >= 4 is 45.9 Å². The van der Waals surface area contributed by atoms with Gasteiger partial charge < -0.3 is 30.2 Å². The Labute approximate surface area is 231 Å². The number of fused-ring (bicyclic) bond motifs is 1. The molecular weight excluding hydrogens is 508 g/mol. The highest BCUT2D eigenvalue weighted by Gasteiger charge is 2.28. The third kappa shape index (κ3) is 5.45. The maximum atomic E-state index is 12.7. The Morgan fingerprint density at radius 3 is 2.52 bits per heavy atom. The lowest BCUT2D eigenvalue weighted by molar-refractivity contribution is -0.117. The molecule has 4 aromatic rings. The minimum atomic E-state index is -0.385. The quantitative estimate of drug-likeness (QED) is 0.265. The number of pyridine rings is 2. The number of rotatable bonds is 7. The lowest BCUT2D eigenvalue weighted by Crippen LogP contribution is -2.59. The van der Waals surface area contributed by atoms with E-state index < -0.39 is 0 Å². The van der Waals surface area contributed by atoms with E-state index in [0.29, 0.717) is 37.8 Å². The van der Waals surface area contributed by atoms with Gasteiger partial charge in [0.05, 0.1) is 24.8 Å². The molecule has 2 aliphatic heterocycles. The molecule has 2 fully saturated rings. The van der Waals surface area contributed by atoms with Gasteiger partial charge in [0.15, 0.2) is 0 Å². The van der Waals surface area contributed by atoms with Gasteiger partial charge in [-0.2, -0.15) is 0 Å². The molecule has 0 bridgehead atoms. The van der Waals surface area contributed by atoms with Crippen molar-refractivity contribution in [1.29, 1.82) is 0 Å². The lowest BCUT2D eigenvalue weighted by atomic mass is 10.1. The molecule has 2 aliphatic rings. The zero-order valence-electron chi connectivity index (χ0n) is 21.9. The summed E-state index contributed by atoms with van der Waals surface area (Å²) in [5.41, 5.74) is 4.59. The van der Waals surface area contributed by atoms with Crippen molar-refractivity contribution in [2.24, 2.45) is 0 Å². The van der Waals surface area contributed by atoms with Crippen LogP contribution in [0.1, 0.15) is 0 Å². The number of urea groups is 1. The zero-order chi connectivity index (χ0) is 27.5. The number of ether oxygens (including phenoxy) is 1. The fraction of sp³-hybridized carbons (Fsp3) is 0.241. The van der Waals surface area contributed by atoms with Crippen LogP contribution in [0.5, 0.6) is 0 Å². The van der Waals surface area contributed by atoms with Crippen LogP contribution in [-0.2, 0) is 9.53 Å². The first-order valence-electron chi connectivity index (χ1n) is 13.2. The first kappa shape index (κ1) is 25.4. The molecular formula is C29H30N8O3. The van der Waals surface area contributed by atoms with Crippen LogP contribution in [0.15, 0.2) is 73.6 Å². The van der Waals surface area contributed by atoms with E-state index in [2.05, 4.69) is 53.3 Å². The molecule has 0 radical (unpaired) electrons. The summed E-state index contributed by atoms with van der Waals surface area (Å²) < 4.78 is 5.49. The van der Waals surface area contributed by atoms with Crippen molar-refractivity contribution in [1.82, 2.24) is 20.3 Å². The van der Waals surface area contributed by atoms with Crippen LogP contribution in [0.2, 0.25) is 0 Å². The number of benzene rings is 1. The van der Waals surface area contributed by atoms with E-state index in [1.165, 1.54) is 6.08 Å². The number of hydrogen-bond acceptors (Lipinski definition) is 7. The Kier molecular flexibility index (Phi) is 7.02. The Bertz CT molecular complexity index is 1540. The standard InChI is InChI=1S/C29H30N8O3/c1-2-27(38)32-21-17-37(18-21)22-7-9-30-26(15-22)35-29(39)33-20-5-3-19(4-6-20)25-16-23-24(34-25)8-10-31-28(23)36-11-13-40-14-12-36/h2-10,15-16,21,34H,1,11-14,17-18H2,(H,32,38)(H2,30,33,35,39). The fourth-order valence-corrected chi connectivity index (χ4v) is 4.96. The van der Waals surface area contributed by atoms with Crippen LogP contribution in [0.3, 0.4) is 0 Å². The molecule has 4 N–H and O–H groups in total. The van der Waals surface area contributed by atoms with Crippen molar-refractivity contribution in [2.45, 2.75) is 6.04 Å². The molecule has 0 spiro atoms. The van der Waals surface area contributed by atoms with Crippen molar-refractivity contribution in [3.8, 4) is 11.3 Å². The maximum Gasteiger partial charge on any atom is 0.324 e. The molecule has 1 aromatic carbocycles. The number of amides is 3. The largest absolute Gasteiger partial charge is 0.378 e. The van der Waals surface area contributed by atoms with Gasteiger partial charge in [-0.25, -0.2) is 14.8 Å². The van der Waals surface area contributed by atoms with Gasteiger partial charge in [0.1, 0.15) is 11.6 Å². The summed E-state index contributed by atoms with van der Waals surface area (Å²) in [6.07, 6.45) is 4.74. The number of H-pyrrole nitrogens is 1. The first-order valence-corrected chi connectivity index (χ1v) is 13.2. The summed E-state index contributed by atoms with van der Waals surface area (Å²) in [4.78, 5) is 40.8.